The quantitative estimate of drug-likeness (QED) is 0.526. The lowest BCUT2D eigenvalue weighted by atomic mass is 9.69. The Morgan fingerprint density at radius 3 is 2.54 bits per heavy atom. The number of allylic oxidation sites excluding steroid dienone is 3. The van der Waals surface area contributed by atoms with Gasteiger partial charge in [-0.05, 0) is 38.5 Å². The van der Waals surface area contributed by atoms with E-state index in [4.69, 9.17) is 0 Å². The van der Waals surface area contributed by atoms with E-state index in [0.29, 0.717) is 0 Å². The summed E-state index contributed by atoms with van der Waals surface area (Å²) in [5, 5.41) is 31.6. The van der Waals surface area contributed by atoms with Crippen LogP contribution in [0.15, 0.2) is 23.9 Å². The van der Waals surface area contributed by atoms with Crippen LogP contribution in [0.5, 0.6) is 17.2 Å². The molecule has 3 N–H and O–H groups in total. The number of aromatic hydroxyl groups is 3. The first kappa shape index (κ1) is 15.4. The minimum Gasteiger partial charge on any atom is -0.504 e. The number of hydrogen-bond acceptors (Lipinski definition) is 4. The Labute approximate surface area is 142 Å². The molecule has 0 unspecified atom stereocenters. The smallest absolute Gasteiger partial charge is 0.201 e. The van der Waals surface area contributed by atoms with Crippen molar-refractivity contribution in [3.8, 4) is 17.2 Å². The fourth-order valence-corrected chi connectivity index (χ4v) is 4.89. The van der Waals surface area contributed by atoms with Crippen LogP contribution in [0.2, 0.25) is 0 Å². The second kappa shape index (κ2) is 5.20. The highest BCUT2D eigenvalue weighted by molar-refractivity contribution is 5.80. The van der Waals surface area contributed by atoms with Crippen LogP contribution in [0.1, 0.15) is 62.5 Å². The summed E-state index contributed by atoms with van der Waals surface area (Å²) in [7, 11) is 0. The Hall–Kier alpha value is -2.10. The Balaban J connectivity index is 2.06. The van der Waals surface area contributed by atoms with Crippen molar-refractivity contribution in [3.05, 3.63) is 35.1 Å². The molecule has 0 fully saturated rings. The van der Waals surface area contributed by atoms with E-state index < -0.39 is 0 Å². The van der Waals surface area contributed by atoms with Gasteiger partial charge in [-0.2, -0.15) is 0 Å². The highest BCUT2D eigenvalue weighted by Crippen LogP contribution is 2.61. The summed E-state index contributed by atoms with van der Waals surface area (Å²) in [5.74, 6) is -0.223. The average Bonchev–Trinajstić information content (AvgIpc) is 2.58. The van der Waals surface area contributed by atoms with Gasteiger partial charge in [0.05, 0.1) is 5.69 Å². The van der Waals surface area contributed by atoms with Crippen molar-refractivity contribution in [1.29, 1.82) is 0 Å². The van der Waals surface area contributed by atoms with Crippen LogP contribution in [0.25, 0.3) is 0 Å². The van der Waals surface area contributed by atoms with Crippen LogP contribution in [0.3, 0.4) is 0 Å². The SMILES string of the molecule is C=C1[C@@H]2CCC(C)=C[C@H]2c2c(O)c(O)c(O)c3c2N1CC[C@H]3CC. The summed E-state index contributed by atoms with van der Waals surface area (Å²) in [6.45, 7) is 9.42. The molecule has 3 atom stereocenters. The molecule has 1 aromatic carbocycles. The predicted octanol–water partition coefficient (Wildman–Crippen LogP) is 4.47. The maximum Gasteiger partial charge on any atom is 0.201 e. The normalized spacial score (nSPS) is 28.2. The molecule has 24 heavy (non-hydrogen) atoms. The van der Waals surface area contributed by atoms with Crippen molar-refractivity contribution < 1.29 is 15.3 Å². The average molecular weight is 327 g/mol. The van der Waals surface area contributed by atoms with Gasteiger partial charge in [-0.3, -0.25) is 0 Å². The van der Waals surface area contributed by atoms with Crippen LogP contribution in [-0.4, -0.2) is 21.9 Å². The molecule has 4 nitrogen and oxygen atoms in total. The number of phenolic OH excluding ortho intramolecular Hbond substituents is 3. The number of rotatable bonds is 1. The highest BCUT2D eigenvalue weighted by atomic mass is 16.3. The molecule has 2 aliphatic heterocycles. The van der Waals surface area contributed by atoms with Crippen LogP contribution in [-0.2, 0) is 0 Å². The van der Waals surface area contributed by atoms with Crippen LogP contribution >= 0.6 is 0 Å². The number of anilines is 1. The maximum atomic E-state index is 10.7. The topological polar surface area (TPSA) is 63.9 Å². The molecule has 1 aromatic rings. The lowest BCUT2D eigenvalue weighted by Gasteiger charge is -2.48. The van der Waals surface area contributed by atoms with Crippen LogP contribution < -0.4 is 4.90 Å². The molecule has 3 aliphatic rings. The molecule has 2 heterocycles. The number of nitrogens with zero attached hydrogens (tertiary/aromatic N) is 1. The largest absolute Gasteiger partial charge is 0.504 e. The predicted molar refractivity (Wildman–Crippen MR) is 94.8 cm³/mol. The molecule has 4 rings (SSSR count). The van der Waals surface area contributed by atoms with Gasteiger partial charge in [0, 0.05) is 35.2 Å². The molecule has 0 saturated carbocycles. The number of benzene rings is 1. The molecule has 4 heteroatoms. The van der Waals surface area contributed by atoms with Crippen molar-refractivity contribution in [2.24, 2.45) is 5.92 Å². The molecule has 0 bridgehead atoms. The molecule has 1 aliphatic carbocycles. The first-order valence-electron chi connectivity index (χ1n) is 8.89. The van der Waals surface area contributed by atoms with Crippen molar-refractivity contribution in [2.75, 3.05) is 11.4 Å². The molecule has 0 aromatic heterocycles. The lowest BCUT2D eigenvalue weighted by Crippen LogP contribution is -2.40. The minimum absolute atomic E-state index is 0.0263. The molecule has 0 spiro atoms. The number of hydrogen-bond donors (Lipinski definition) is 3. The van der Waals surface area contributed by atoms with Gasteiger partial charge < -0.3 is 20.2 Å². The molecule has 0 radical (unpaired) electrons. The molecule has 0 amide bonds. The second-order valence-electron chi connectivity index (χ2n) is 7.44. The summed E-state index contributed by atoms with van der Waals surface area (Å²) >= 11 is 0. The summed E-state index contributed by atoms with van der Waals surface area (Å²) < 4.78 is 0. The molecule has 128 valence electrons. The Bertz CT molecular complexity index is 765. The Morgan fingerprint density at radius 1 is 1.12 bits per heavy atom. The first-order chi connectivity index (χ1) is 11.5. The molecular weight excluding hydrogens is 302 g/mol. The van der Waals surface area contributed by atoms with E-state index in [9.17, 15) is 15.3 Å². The zero-order valence-corrected chi connectivity index (χ0v) is 14.3. The van der Waals surface area contributed by atoms with Gasteiger partial charge in [0.25, 0.3) is 0 Å². The lowest BCUT2D eigenvalue weighted by molar-refractivity contribution is 0.345. The minimum atomic E-state index is -0.369. The van der Waals surface area contributed by atoms with Gasteiger partial charge in [0.2, 0.25) is 5.75 Å². The van der Waals surface area contributed by atoms with E-state index in [0.717, 1.165) is 54.7 Å². The van der Waals surface area contributed by atoms with Crippen molar-refractivity contribution in [3.63, 3.8) is 0 Å². The van der Waals surface area contributed by atoms with Gasteiger partial charge in [0.15, 0.2) is 11.5 Å². The third kappa shape index (κ3) is 1.86. The van der Waals surface area contributed by atoms with E-state index in [-0.39, 0.29) is 35.0 Å². The zero-order chi connectivity index (χ0) is 17.2. The highest BCUT2D eigenvalue weighted by Gasteiger charge is 2.44. The van der Waals surface area contributed by atoms with E-state index in [2.05, 4.69) is 31.4 Å². The standard InChI is InChI=1S/C20H25NO3/c1-4-12-7-8-21-11(3)13-6-5-10(2)9-14(13)16-17(21)15(12)18(22)20(24)19(16)23/h9,12-14,22-24H,3-8H2,1-2H3/t12-,13+,14-/m1/s1. The molecule has 0 saturated heterocycles. The third-order valence-electron chi connectivity index (χ3n) is 6.20. The van der Waals surface area contributed by atoms with E-state index >= 15 is 0 Å². The Kier molecular flexibility index (Phi) is 3.34. The number of fused-ring (bicyclic) bond motifs is 2. The van der Waals surface area contributed by atoms with Gasteiger partial charge in [-0.25, -0.2) is 0 Å². The summed E-state index contributed by atoms with van der Waals surface area (Å²) in [5.41, 5.74) is 4.83. The second-order valence-corrected chi connectivity index (χ2v) is 7.44. The van der Waals surface area contributed by atoms with Crippen LogP contribution in [0, 0.1) is 5.92 Å². The van der Waals surface area contributed by atoms with Gasteiger partial charge >= 0.3 is 0 Å². The fraction of sp³-hybridized carbons (Fsp3) is 0.500. The number of phenols is 3. The van der Waals surface area contributed by atoms with Crippen LogP contribution in [0.4, 0.5) is 5.69 Å². The molecular formula is C20H25NO3. The Morgan fingerprint density at radius 2 is 1.83 bits per heavy atom. The zero-order valence-electron chi connectivity index (χ0n) is 14.3. The summed E-state index contributed by atoms with van der Waals surface area (Å²) in [6, 6.07) is 0. The fourth-order valence-electron chi connectivity index (χ4n) is 4.89. The van der Waals surface area contributed by atoms with E-state index in [1.165, 1.54) is 5.57 Å². The monoisotopic (exact) mass is 327 g/mol. The maximum absolute atomic E-state index is 10.7. The van der Waals surface area contributed by atoms with E-state index in [1.807, 2.05) is 0 Å². The first-order valence-corrected chi connectivity index (χ1v) is 8.89. The van der Waals surface area contributed by atoms with E-state index in [1.54, 1.807) is 0 Å². The summed E-state index contributed by atoms with van der Waals surface area (Å²) in [4.78, 5) is 2.17. The van der Waals surface area contributed by atoms with Gasteiger partial charge in [-0.1, -0.05) is 25.2 Å². The van der Waals surface area contributed by atoms with Crippen molar-refractivity contribution in [1.82, 2.24) is 0 Å². The third-order valence-corrected chi connectivity index (χ3v) is 6.20. The van der Waals surface area contributed by atoms with Crippen molar-refractivity contribution >= 4 is 5.69 Å². The summed E-state index contributed by atoms with van der Waals surface area (Å²) in [6.07, 6.45) is 6.07. The van der Waals surface area contributed by atoms with Crippen molar-refractivity contribution in [2.45, 2.75) is 51.4 Å². The van der Waals surface area contributed by atoms with Gasteiger partial charge in [-0.15, -0.1) is 0 Å². The van der Waals surface area contributed by atoms with Gasteiger partial charge in [0.1, 0.15) is 0 Å².